The summed E-state index contributed by atoms with van der Waals surface area (Å²) in [6.07, 6.45) is -0.136. The van der Waals surface area contributed by atoms with E-state index >= 15 is 0 Å². The summed E-state index contributed by atoms with van der Waals surface area (Å²) in [4.78, 5) is 14.3. The molecule has 1 saturated heterocycles. The minimum Gasteiger partial charge on any atom is -0.492 e. The van der Waals surface area contributed by atoms with Crippen molar-refractivity contribution in [3.05, 3.63) is 65.2 Å². The highest BCUT2D eigenvalue weighted by atomic mass is 19.1. The third-order valence-corrected chi connectivity index (χ3v) is 6.69. The van der Waals surface area contributed by atoms with E-state index in [0.717, 1.165) is 37.0 Å². The first kappa shape index (κ1) is 25.5. The molecule has 2 aromatic rings. The first-order chi connectivity index (χ1) is 17.0. The smallest absolute Gasteiger partial charge is 0.335 e. The van der Waals surface area contributed by atoms with E-state index in [2.05, 4.69) is 10.2 Å². The summed E-state index contributed by atoms with van der Waals surface area (Å²) < 4.78 is 43.4. The van der Waals surface area contributed by atoms with Crippen molar-refractivity contribution in [1.29, 1.82) is 0 Å². The zero-order chi connectivity index (χ0) is 24.8. The van der Waals surface area contributed by atoms with Gasteiger partial charge in [-0.25, -0.2) is 13.6 Å². The van der Waals surface area contributed by atoms with Crippen LogP contribution in [0.1, 0.15) is 25.0 Å². The molecule has 3 atom stereocenters. The highest BCUT2D eigenvalue weighted by Crippen LogP contribution is 2.45. The molecule has 0 amide bonds. The minimum atomic E-state index is -0.598. The Kier molecular flexibility index (Phi) is 8.70. The Hall–Kier alpha value is -2.55. The van der Waals surface area contributed by atoms with Crippen LogP contribution in [0.4, 0.5) is 8.78 Å². The van der Waals surface area contributed by atoms with Gasteiger partial charge in [-0.15, -0.1) is 0 Å². The van der Waals surface area contributed by atoms with Crippen LogP contribution in [0.15, 0.2) is 42.5 Å². The molecule has 190 valence electrons. The largest absolute Gasteiger partial charge is 0.492 e. The lowest BCUT2D eigenvalue weighted by Crippen LogP contribution is -2.33. The lowest BCUT2D eigenvalue weighted by Gasteiger charge is -2.20. The molecular formula is C27H34F2N2O4. The molecule has 2 fully saturated rings. The van der Waals surface area contributed by atoms with Gasteiger partial charge in [-0.05, 0) is 49.4 Å². The van der Waals surface area contributed by atoms with Gasteiger partial charge in [-0.2, -0.15) is 0 Å². The van der Waals surface area contributed by atoms with Crippen LogP contribution < -0.4 is 10.1 Å². The fourth-order valence-electron chi connectivity index (χ4n) is 4.91. The Morgan fingerprint density at radius 3 is 2.49 bits per heavy atom. The number of fused-ring (bicyclic) bond motifs is 1. The van der Waals surface area contributed by atoms with Crippen molar-refractivity contribution >= 4 is 5.97 Å². The Morgan fingerprint density at radius 1 is 1.09 bits per heavy atom. The van der Waals surface area contributed by atoms with E-state index in [1.165, 1.54) is 12.1 Å². The molecule has 0 aromatic heterocycles. The van der Waals surface area contributed by atoms with Gasteiger partial charge in [0.25, 0.3) is 0 Å². The molecule has 1 aliphatic carbocycles. The van der Waals surface area contributed by atoms with Gasteiger partial charge in [-0.1, -0.05) is 18.2 Å². The van der Waals surface area contributed by atoms with Gasteiger partial charge in [0.2, 0.25) is 0 Å². The Labute approximate surface area is 205 Å². The summed E-state index contributed by atoms with van der Waals surface area (Å²) in [5.74, 6) is 0.589. The van der Waals surface area contributed by atoms with Crippen molar-refractivity contribution < 1.29 is 27.8 Å². The first-order valence-corrected chi connectivity index (χ1v) is 12.4. The molecule has 1 saturated carbocycles. The quantitative estimate of drug-likeness (QED) is 0.344. The van der Waals surface area contributed by atoms with E-state index in [0.29, 0.717) is 56.2 Å². The standard InChI is InChI=1S/C27H34F2N2O4/c1-3-33-25(27(32)34-4-2)13-18-5-9-21(10-6-18)35-12-11-30-26-22-16-31(17-23(22)26)15-19-7-8-20(28)14-24(19)29/h5-10,14,22-23,25-26,30H,3-4,11-13,15-17H2,1-2H3/t22?,23?,25-,26?/m0/s1. The summed E-state index contributed by atoms with van der Waals surface area (Å²) in [5.41, 5.74) is 1.53. The molecular weight excluding hydrogens is 454 g/mol. The zero-order valence-electron chi connectivity index (χ0n) is 20.3. The molecule has 35 heavy (non-hydrogen) atoms. The van der Waals surface area contributed by atoms with Gasteiger partial charge < -0.3 is 19.5 Å². The highest BCUT2D eigenvalue weighted by Gasteiger charge is 2.55. The number of likely N-dealkylation sites (tertiary alicyclic amines) is 1. The fraction of sp³-hybridized carbons (Fsp3) is 0.519. The SMILES string of the molecule is CCOC(=O)[C@H](Cc1ccc(OCCNC2C3CN(Cc4ccc(F)cc4F)CC32)cc1)OCC. The molecule has 4 rings (SSSR count). The van der Waals surface area contributed by atoms with Gasteiger partial charge in [-0.3, -0.25) is 4.90 Å². The number of rotatable bonds is 13. The number of hydrogen-bond donors (Lipinski definition) is 1. The monoisotopic (exact) mass is 488 g/mol. The Bertz CT molecular complexity index is 976. The highest BCUT2D eigenvalue weighted by molar-refractivity contribution is 5.75. The Balaban J connectivity index is 1.13. The Morgan fingerprint density at radius 2 is 1.83 bits per heavy atom. The number of piperidine rings is 1. The number of hydrogen-bond acceptors (Lipinski definition) is 6. The van der Waals surface area contributed by atoms with Crippen molar-refractivity contribution in [2.24, 2.45) is 11.8 Å². The van der Waals surface area contributed by atoms with Crippen LogP contribution in [-0.2, 0) is 27.2 Å². The fourth-order valence-corrected chi connectivity index (χ4v) is 4.91. The average Bonchev–Trinajstić information content (AvgIpc) is 3.29. The molecule has 1 heterocycles. The minimum absolute atomic E-state index is 0.333. The van der Waals surface area contributed by atoms with Crippen LogP contribution in [-0.4, -0.2) is 62.5 Å². The van der Waals surface area contributed by atoms with Crippen LogP contribution in [0.2, 0.25) is 0 Å². The van der Waals surface area contributed by atoms with E-state index in [9.17, 15) is 13.6 Å². The van der Waals surface area contributed by atoms with Crippen LogP contribution in [0.5, 0.6) is 5.75 Å². The second-order valence-corrected chi connectivity index (χ2v) is 9.13. The van der Waals surface area contributed by atoms with Crippen molar-refractivity contribution in [3.8, 4) is 5.75 Å². The molecule has 2 unspecified atom stereocenters. The third kappa shape index (κ3) is 6.78. The number of halogens is 2. The summed E-state index contributed by atoms with van der Waals surface area (Å²) in [5, 5.41) is 3.56. The predicted molar refractivity (Wildman–Crippen MR) is 128 cm³/mol. The van der Waals surface area contributed by atoms with Gasteiger partial charge >= 0.3 is 5.97 Å². The van der Waals surface area contributed by atoms with Crippen molar-refractivity contribution in [3.63, 3.8) is 0 Å². The number of nitrogens with one attached hydrogen (secondary N) is 1. The number of nitrogens with zero attached hydrogens (tertiary/aromatic N) is 1. The van der Waals surface area contributed by atoms with Crippen LogP contribution >= 0.6 is 0 Å². The first-order valence-electron chi connectivity index (χ1n) is 12.4. The van der Waals surface area contributed by atoms with Gasteiger partial charge in [0.1, 0.15) is 24.0 Å². The summed E-state index contributed by atoms with van der Waals surface area (Å²) in [6, 6.07) is 12.0. The van der Waals surface area contributed by atoms with E-state index in [-0.39, 0.29) is 5.97 Å². The molecule has 8 heteroatoms. The number of esters is 1. The second-order valence-electron chi connectivity index (χ2n) is 9.13. The number of carbonyl (C=O) groups excluding carboxylic acids is 1. The predicted octanol–water partition coefficient (Wildman–Crippen LogP) is 3.57. The zero-order valence-corrected chi connectivity index (χ0v) is 20.3. The normalized spacial score (nSPS) is 22.0. The number of benzene rings is 2. The number of ether oxygens (including phenoxy) is 3. The van der Waals surface area contributed by atoms with Crippen LogP contribution in [0.25, 0.3) is 0 Å². The molecule has 2 aliphatic rings. The van der Waals surface area contributed by atoms with Gasteiger partial charge in [0, 0.05) is 56.9 Å². The van der Waals surface area contributed by atoms with Gasteiger partial charge in [0.05, 0.1) is 6.61 Å². The van der Waals surface area contributed by atoms with E-state index in [1.807, 2.05) is 31.2 Å². The van der Waals surface area contributed by atoms with Crippen molar-refractivity contribution in [1.82, 2.24) is 10.2 Å². The molecule has 0 radical (unpaired) electrons. The molecule has 0 bridgehead atoms. The van der Waals surface area contributed by atoms with Gasteiger partial charge in [0.15, 0.2) is 6.10 Å². The topological polar surface area (TPSA) is 60.0 Å². The second kappa shape index (κ2) is 11.9. The number of carbonyl (C=O) groups is 1. The molecule has 6 nitrogen and oxygen atoms in total. The average molecular weight is 489 g/mol. The van der Waals surface area contributed by atoms with Crippen molar-refractivity contribution in [2.75, 3.05) is 39.5 Å². The third-order valence-electron chi connectivity index (χ3n) is 6.69. The van der Waals surface area contributed by atoms with Crippen molar-refractivity contribution in [2.45, 2.75) is 39.0 Å². The summed E-state index contributed by atoms with van der Waals surface area (Å²) >= 11 is 0. The maximum Gasteiger partial charge on any atom is 0.335 e. The summed E-state index contributed by atoms with van der Waals surface area (Å²) in [7, 11) is 0. The van der Waals surface area contributed by atoms with Crippen LogP contribution in [0, 0.1) is 23.5 Å². The van der Waals surface area contributed by atoms with E-state index in [4.69, 9.17) is 14.2 Å². The molecule has 0 spiro atoms. The molecule has 1 aliphatic heterocycles. The maximum absolute atomic E-state index is 13.9. The van der Waals surface area contributed by atoms with E-state index < -0.39 is 17.7 Å². The van der Waals surface area contributed by atoms with Crippen LogP contribution in [0.3, 0.4) is 0 Å². The molecule has 2 aromatic carbocycles. The van der Waals surface area contributed by atoms with E-state index in [1.54, 1.807) is 6.92 Å². The molecule has 1 N–H and O–H groups in total. The maximum atomic E-state index is 13.9. The lowest BCUT2D eigenvalue weighted by molar-refractivity contribution is -0.156. The summed E-state index contributed by atoms with van der Waals surface area (Å²) in [6.45, 7) is 8.11. The lowest BCUT2D eigenvalue weighted by atomic mass is 10.1.